The summed E-state index contributed by atoms with van der Waals surface area (Å²) in [7, 11) is 0. The molecule has 140 valence electrons. The number of nitrogens with zero attached hydrogens (tertiary/aromatic N) is 2. The molecule has 1 unspecified atom stereocenters. The first kappa shape index (κ1) is 18.2. The quantitative estimate of drug-likeness (QED) is 0.744. The second-order valence-electron chi connectivity index (χ2n) is 6.58. The largest absolute Gasteiger partial charge is 0.494 e. The van der Waals surface area contributed by atoms with Gasteiger partial charge in [0.25, 0.3) is 5.91 Å². The van der Waals surface area contributed by atoms with E-state index in [1.165, 1.54) is 0 Å². The third kappa shape index (κ3) is 4.73. The van der Waals surface area contributed by atoms with E-state index in [0.29, 0.717) is 17.9 Å². The summed E-state index contributed by atoms with van der Waals surface area (Å²) in [5.41, 5.74) is 7.19. The van der Waals surface area contributed by atoms with Crippen LogP contribution < -0.4 is 20.7 Å². The van der Waals surface area contributed by atoms with Crippen LogP contribution in [0.5, 0.6) is 5.75 Å². The first-order valence-electron chi connectivity index (χ1n) is 9.16. The molecule has 1 fully saturated rings. The van der Waals surface area contributed by atoms with Gasteiger partial charge in [0.1, 0.15) is 11.6 Å². The Kier molecular flexibility index (Phi) is 6.07. The van der Waals surface area contributed by atoms with E-state index >= 15 is 0 Å². The van der Waals surface area contributed by atoms with Crippen LogP contribution in [0, 0.1) is 0 Å². The molecule has 1 amide bonds. The van der Waals surface area contributed by atoms with E-state index in [4.69, 9.17) is 10.5 Å². The van der Waals surface area contributed by atoms with Crippen LogP contribution in [-0.4, -0.2) is 36.6 Å². The molecule has 1 aromatic heterocycles. The van der Waals surface area contributed by atoms with Gasteiger partial charge in [-0.3, -0.25) is 4.79 Å². The third-order valence-electron chi connectivity index (χ3n) is 4.44. The molecule has 1 aliphatic heterocycles. The molecule has 26 heavy (non-hydrogen) atoms. The van der Waals surface area contributed by atoms with Crippen molar-refractivity contribution in [3.05, 3.63) is 48.2 Å². The van der Waals surface area contributed by atoms with Crippen LogP contribution in [-0.2, 0) is 0 Å². The Morgan fingerprint density at radius 2 is 2.15 bits per heavy atom. The monoisotopic (exact) mass is 356 g/mol. The van der Waals surface area contributed by atoms with Gasteiger partial charge in [0.15, 0.2) is 0 Å². The molecule has 1 aromatic carbocycles. The van der Waals surface area contributed by atoms with Gasteiger partial charge in [-0.1, -0.05) is 13.3 Å². The van der Waals surface area contributed by atoms with Crippen molar-refractivity contribution < 1.29 is 11.0 Å². The van der Waals surface area contributed by atoms with Gasteiger partial charge in [-0.25, -0.2) is 4.98 Å². The van der Waals surface area contributed by atoms with Crippen LogP contribution in [0.15, 0.2) is 42.6 Å². The molecular weight excluding hydrogens is 328 g/mol. The smallest absolute Gasteiger partial charge is 0.255 e. The number of unbranched alkanes of at least 4 members (excludes halogenated alkanes) is 1. The number of anilines is 2. The molecule has 2 aromatic rings. The maximum absolute atomic E-state index is 12.4. The van der Waals surface area contributed by atoms with Gasteiger partial charge in [-0.05, 0) is 49.2 Å². The average molecular weight is 356 g/mol. The Labute approximate surface area is 155 Å². The highest BCUT2D eigenvalue weighted by atomic mass is 16.5. The second kappa shape index (κ2) is 8.67. The summed E-state index contributed by atoms with van der Waals surface area (Å²) in [5, 5.41) is 2.87. The molecule has 1 aliphatic rings. The molecule has 6 nitrogen and oxygen atoms in total. The summed E-state index contributed by atoms with van der Waals surface area (Å²) in [6, 6.07) is 11.2. The lowest BCUT2D eigenvalue weighted by molar-refractivity contribution is 0.102. The van der Waals surface area contributed by atoms with Gasteiger partial charge in [0.05, 0.1) is 18.5 Å². The van der Waals surface area contributed by atoms with Crippen molar-refractivity contribution in [2.45, 2.75) is 32.2 Å². The van der Waals surface area contributed by atoms with Gasteiger partial charge in [-0.15, -0.1) is 0 Å². The molecule has 0 bridgehead atoms. The minimum atomic E-state index is -0.164. The molecule has 3 N–H and O–H groups in total. The SMILES string of the molecule is CCCCOc1ccc(C(=O)Nc2ccc(N3CCC(N)C3)nc2)cc1.[HH]. The summed E-state index contributed by atoms with van der Waals surface area (Å²) in [5.74, 6) is 1.51. The molecule has 0 spiro atoms. The van der Waals surface area contributed by atoms with Crippen molar-refractivity contribution in [1.29, 1.82) is 0 Å². The molecule has 0 saturated carbocycles. The van der Waals surface area contributed by atoms with Crippen molar-refractivity contribution >= 4 is 17.4 Å². The third-order valence-corrected chi connectivity index (χ3v) is 4.44. The molecule has 3 rings (SSSR count). The van der Waals surface area contributed by atoms with Gasteiger partial charge in [-0.2, -0.15) is 0 Å². The lowest BCUT2D eigenvalue weighted by Gasteiger charge is -2.17. The highest BCUT2D eigenvalue weighted by Crippen LogP contribution is 2.19. The lowest BCUT2D eigenvalue weighted by atomic mass is 10.2. The minimum absolute atomic E-state index is 0. The van der Waals surface area contributed by atoms with E-state index in [-0.39, 0.29) is 13.4 Å². The number of pyridine rings is 1. The number of carbonyl (C=O) groups is 1. The van der Waals surface area contributed by atoms with Crippen molar-refractivity contribution in [3.63, 3.8) is 0 Å². The fourth-order valence-corrected chi connectivity index (χ4v) is 2.88. The maximum atomic E-state index is 12.4. The standard InChI is InChI=1S/C20H26N4O2.H2/c1-2-3-12-26-18-7-4-15(5-8-18)20(25)23-17-6-9-19(22-13-17)24-11-10-16(21)14-24;/h4-9,13,16H,2-3,10-12,14,21H2,1H3,(H,23,25);1H. The number of benzene rings is 1. The van der Waals surface area contributed by atoms with E-state index < -0.39 is 0 Å². The van der Waals surface area contributed by atoms with Crippen molar-refractivity contribution in [2.24, 2.45) is 5.73 Å². The normalized spacial score (nSPS) is 16.5. The number of carbonyl (C=O) groups excluding carboxylic acids is 1. The van der Waals surface area contributed by atoms with Gasteiger partial charge in [0.2, 0.25) is 0 Å². The highest BCUT2D eigenvalue weighted by Gasteiger charge is 2.20. The fraction of sp³-hybridized carbons (Fsp3) is 0.400. The van der Waals surface area contributed by atoms with E-state index in [9.17, 15) is 4.79 Å². The number of hydrogen-bond acceptors (Lipinski definition) is 5. The highest BCUT2D eigenvalue weighted by molar-refractivity contribution is 6.04. The molecule has 0 aliphatic carbocycles. The van der Waals surface area contributed by atoms with Crippen LogP contribution in [0.2, 0.25) is 0 Å². The van der Waals surface area contributed by atoms with E-state index in [2.05, 4.69) is 22.1 Å². The number of rotatable bonds is 7. The molecular formula is C20H28N4O2. The number of aromatic nitrogens is 1. The zero-order chi connectivity index (χ0) is 18.4. The van der Waals surface area contributed by atoms with Crippen LogP contribution in [0.4, 0.5) is 11.5 Å². The average Bonchev–Trinajstić information content (AvgIpc) is 3.09. The zero-order valence-electron chi connectivity index (χ0n) is 15.1. The van der Waals surface area contributed by atoms with Crippen LogP contribution in [0.3, 0.4) is 0 Å². The number of amides is 1. The zero-order valence-corrected chi connectivity index (χ0v) is 15.1. The van der Waals surface area contributed by atoms with E-state index in [1.807, 2.05) is 24.3 Å². The molecule has 1 saturated heterocycles. The topological polar surface area (TPSA) is 80.5 Å². The summed E-state index contributed by atoms with van der Waals surface area (Å²) in [6.45, 7) is 4.57. The van der Waals surface area contributed by atoms with Crippen LogP contribution >= 0.6 is 0 Å². The Balaban J connectivity index is 0.00000261. The summed E-state index contributed by atoms with van der Waals surface area (Å²) >= 11 is 0. The number of ether oxygens (including phenoxy) is 1. The number of nitrogens with one attached hydrogen (secondary N) is 1. The number of hydrogen-bond donors (Lipinski definition) is 2. The Hall–Kier alpha value is -2.60. The van der Waals surface area contributed by atoms with Gasteiger partial charge in [0, 0.05) is 26.1 Å². The van der Waals surface area contributed by atoms with Crippen LogP contribution in [0.1, 0.15) is 38.0 Å². The van der Waals surface area contributed by atoms with E-state index in [1.54, 1.807) is 18.3 Å². The lowest BCUT2D eigenvalue weighted by Crippen LogP contribution is -2.26. The Morgan fingerprint density at radius 3 is 2.77 bits per heavy atom. The number of nitrogens with two attached hydrogens (primary N) is 1. The second-order valence-corrected chi connectivity index (χ2v) is 6.58. The maximum Gasteiger partial charge on any atom is 0.255 e. The predicted molar refractivity (Wildman–Crippen MR) is 106 cm³/mol. The van der Waals surface area contributed by atoms with Gasteiger partial charge >= 0.3 is 0 Å². The first-order valence-corrected chi connectivity index (χ1v) is 9.16. The van der Waals surface area contributed by atoms with E-state index in [0.717, 1.165) is 43.9 Å². The first-order chi connectivity index (χ1) is 12.7. The Morgan fingerprint density at radius 1 is 1.35 bits per heavy atom. The minimum Gasteiger partial charge on any atom is -0.494 e. The summed E-state index contributed by atoms with van der Waals surface area (Å²) in [4.78, 5) is 19.0. The Bertz CT molecular complexity index is 722. The van der Waals surface area contributed by atoms with Gasteiger partial charge < -0.3 is 20.7 Å². The predicted octanol–water partition coefficient (Wildman–Crippen LogP) is 3.30. The van der Waals surface area contributed by atoms with Crippen molar-refractivity contribution in [1.82, 2.24) is 4.98 Å². The molecule has 0 radical (unpaired) electrons. The molecule has 2 heterocycles. The van der Waals surface area contributed by atoms with Crippen molar-refractivity contribution in [2.75, 3.05) is 29.9 Å². The summed E-state index contributed by atoms with van der Waals surface area (Å²) in [6.07, 6.45) is 4.78. The summed E-state index contributed by atoms with van der Waals surface area (Å²) < 4.78 is 5.61. The van der Waals surface area contributed by atoms with Crippen LogP contribution in [0.25, 0.3) is 0 Å². The fourth-order valence-electron chi connectivity index (χ4n) is 2.88. The molecule has 1 atom stereocenters. The van der Waals surface area contributed by atoms with Crippen molar-refractivity contribution in [3.8, 4) is 5.75 Å². The molecule has 6 heteroatoms.